The Morgan fingerprint density at radius 3 is 2.67 bits per heavy atom. The molecule has 2 rings (SSSR count). The lowest BCUT2D eigenvalue weighted by Gasteiger charge is -2.20. The topological polar surface area (TPSA) is 39.2 Å². The van der Waals surface area contributed by atoms with Crippen LogP contribution in [0.4, 0.5) is 0 Å². The van der Waals surface area contributed by atoms with Crippen molar-refractivity contribution in [3.8, 4) is 0 Å². The number of hydrogen-bond donors (Lipinski definition) is 0. The fourth-order valence-corrected chi connectivity index (χ4v) is 2.97. The second kappa shape index (κ2) is 7.52. The zero-order valence-electron chi connectivity index (χ0n) is 10.8. The lowest BCUT2D eigenvalue weighted by Crippen LogP contribution is -2.19. The van der Waals surface area contributed by atoms with Gasteiger partial charge in [0.2, 0.25) is 0 Å². The third-order valence-corrected chi connectivity index (χ3v) is 4.05. The molecule has 1 aromatic rings. The van der Waals surface area contributed by atoms with Gasteiger partial charge in [-0.05, 0) is 25.7 Å². The molecule has 0 saturated heterocycles. The number of nitrogens with zero attached hydrogens (tertiary/aromatic N) is 1. The first-order valence-electron chi connectivity index (χ1n) is 6.91. The monoisotopic (exact) mass is 267 g/mol. The summed E-state index contributed by atoms with van der Waals surface area (Å²) in [7, 11) is 0. The van der Waals surface area contributed by atoms with E-state index in [1.165, 1.54) is 32.1 Å². The minimum absolute atomic E-state index is 0.0615. The zero-order chi connectivity index (χ0) is 12.6. The lowest BCUT2D eigenvalue weighted by molar-refractivity contribution is -0.150. The van der Waals surface area contributed by atoms with E-state index in [2.05, 4.69) is 4.98 Å². The van der Waals surface area contributed by atoms with E-state index >= 15 is 0 Å². The van der Waals surface area contributed by atoms with Crippen LogP contribution >= 0.6 is 11.3 Å². The predicted molar refractivity (Wildman–Crippen MR) is 72.6 cm³/mol. The van der Waals surface area contributed by atoms with Gasteiger partial charge >= 0.3 is 5.97 Å². The van der Waals surface area contributed by atoms with Gasteiger partial charge in [0.25, 0.3) is 0 Å². The van der Waals surface area contributed by atoms with E-state index in [1.54, 1.807) is 16.8 Å². The molecule has 0 amide bonds. The SMILES string of the molecule is O=C(CCc1cscn1)OC1CCCCCCC1. The molecule has 1 heterocycles. The van der Waals surface area contributed by atoms with Crippen LogP contribution in [0.2, 0.25) is 0 Å². The number of aromatic nitrogens is 1. The number of hydrogen-bond acceptors (Lipinski definition) is 4. The van der Waals surface area contributed by atoms with Gasteiger partial charge in [-0.2, -0.15) is 0 Å². The Bertz CT molecular complexity index is 343. The summed E-state index contributed by atoms with van der Waals surface area (Å²) in [4.78, 5) is 15.9. The van der Waals surface area contributed by atoms with Crippen LogP contribution in [0, 0.1) is 0 Å². The first-order valence-corrected chi connectivity index (χ1v) is 7.85. The number of rotatable bonds is 4. The standard InChI is InChI=1S/C14H21NO2S/c16-14(9-8-12-10-18-11-15-12)17-13-6-4-2-1-3-5-7-13/h10-11,13H,1-9H2. The van der Waals surface area contributed by atoms with Gasteiger partial charge in [-0.25, -0.2) is 4.98 Å². The van der Waals surface area contributed by atoms with Gasteiger partial charge < -0.3 is 4.74 Å². The summed E-state index contributed by atoms with van der Waals surface area (Å²) in [6.45, 7) is 0. The molecule has 0 N–H and O–H groups in total. The van der Waals surface area contributed by atoms with Crippen LogP contribution in [0.15, 0.2) is 10.9 Å². The van der Waals surface area contributed by atoms with Gasteiger partial charge in [-0.3, -0.25) is 4.79 Å². The molecule has 0 atom stereocenters. The molecule has 0 unspecified atom stereocenters. The molecular formula is C14H21NO2S. The molecular weight excluding hydrogens is 246 g/mol. The van der Waals surface area contributed by atoms with Gasteiger partial charge in [0.1, 0.15) is 6.10 Å². The maximum atomic E-state index is 11.8. The Hall–Kier alpha value is -0.900. The van der Waals surface area contributed by atoms with Crippen molar-refractivity contribution in [3.63, 3.8) is 0 Å². The molecule has 1 aliphatic carbocycles. The molecule has 3 nitrogen and oxygen atoms in total. The lowest BCUT2D eigenvalue weighted by atomic mass is 9.98. The Balaban J connectivity index is 1.68. The van der Waals surface area contributed by atoms with Crippen LogP contribution in [-0.2, 0) is 16.0 Å². The van der Waals surface area contributed by atoms with Crippen molar-refractivity contribution in [3.05, 3.63) is 16.6 Å². The number of carbonyl (C=O) groups is 1. The fourth-order valence-electron chi connectivity index (χ4n) is 2.37. The maximum absolute atomic E-state index is 11.8. The second-order valence-electron chi connectivity index (χ2n) is 4.94. The molecule has 4 heteroatoms. The van der Waals surface area contributed by atoms with Crippen LogP contribution in [0.25, 0.3) is 0 Å². The Morgan fingerprint density at radius 1 is 1.28 bits per heavy atom. The molecule has 1 fully saturated rings. The summed E-state index contributed by atoms with van der Waals surface area (Å²) in [5.41, 5.74) is 2.80. The Labute approximate surface area is 113 Å². The molecule has 18 heavy (non-hydrogen) atoms. The van der Waals surface area contributed by atoms with Crippen molar-refractivity contribution in [2.45, 2.75) is 63.9 Å². The van der Waals surface area contributed by atoms with Crippen LogP contribution in [0.1, 0.15) is 57.1 Å². The van der Waals surface area contributed by atoms with Gasteiger partial charge in [-0.1, -0.05) is 19.3 Å². The number of aryl methyl sites for hydroxylation is 1. The maximum Gasteiger partial charge on any atom is 0.306 e. The van der Waals surface area contributed by atoms with Gasteiger partial charge in [0.15, 0.2) is 0 Å². The van der Waals surface area contributed by atoms with Gasteiger partial charge in [-0.15, -0.1) is 11.3 Å². The van der Waals surface area contributed by atoms with E-state index in [0.717, 1.165) is 18.5 Å². The van der Waals surface area contributed by atoms with Crippen molar-refractivity contribution in [1.82, 2.24) is 4.98 Å². The average Bonchev–Trinajstić information content (AvgIpc) is 2.83. The number of ether oxygens (including phenoxy) is 1. The summed E-state index contributed by atoms with van der Waals surface area (Å²) >= 11 is 1.57. The molecule has 0 spiro atoms. The van der Waals surface area contributed by atoms with Crippen LogP contribution in [0.3, 0.4) is 0 Å². The molecule has 1 aromatic heterocycles. The smallest absolute Gasteiger partial charge is 0.306 e. The molecule has 0 bridgehead atoms. The number of esters is 1. The van der Waals surface area contributed by atoms with Crippen LogP contribution in [0.5, 0.6) is 0 Å². The van der Waals surface area contributed by atoms with Crippen molar-refractivity contribution in [1.29, 1.82) is 0 Å². The minimum atomic E-state index is -0.0615. The highest BCUT2D eigenvalue weighted by atomic mass is 32.1. The van der Waals surface area contributed by atoms with Gasteiger partial charge in [0.05, 0.1) is 17.6 Å². The van der Waals surface area contributed by atoms with Crippen LogP contribution in [-0.4, -0.2) is 17.1 Å². The number of thiazole rings is 1. The quantitative estimate of drug-likeness (QED) is 0.780. The Morgan fingerprint density at radius 2 is 2.00 bits per heavy atom. The highest BCUT2D eigenvalue weighted by Gasteiger charge is 2.15. The van der Waals surface area contributed by atoms with E-state index in [0.29, 0.717) is 12.8 Å². The molecule has 0 aromatic carbocycles. The zero-order valence-corrected chi connectivity index (χ0v) is 11.6. The second-order valence-corrected chi connectivity index (χ2v) is 5.66. The minimum Gasteiger partial charge on any atom is -0.462 e. The van der Waals surface area contributed by atoms with Crippen molar-refractivity contribution < 1.29 is 9.53 Å². The van der Waals surface area contributed by atoms with E-state index in [9.17, 15) is 4.79 Å². The van der Waals surface area contributed by atoms with Crippen molar-refractivity contribution >= 4 is 17.3 Å². The van der Waals surface area contributed by atoms with E-state index in [1.807, 2.05) is 5.38 Å². The first kappa shape index (κ1) is 13.5. The van der Waals surface area contributed by atoms with Crippen molar-refractivity contribution in [2.24, 2.45) is 0 Å². The normalized spacial score (nSPS) is 18.0. The average molecular weight is 267 g/mol. The highest BCUT2D eigenvalue weighted by molar-refractivity contribution is 7.07. The summed E-state index contributed by atoms with van der Waals surface area (Å²) in [5.74, 6) is -0.0615. The van der Waals surface area contributed by atoms with Crippen LogP contribution < -0.4 is 0 Å². The first-order chi connectivity index (χ1) is 8.84. The third-order valence-electron chi connectivity index (χ3n) is 3.42. The summed E-state index contributed by atoms with van der Waals surface area (Å²) in [5, 5.41) is 1.99. The van der Waals surface area contributed by atoms with E-state index in [-0.39, 0.29) is 12.1 Å². The van der Waals surface area contributed by atoms with E-state index in [4.69, 9.17) is 4.74 Å². The molecule has 0 aliphatic heterocycles. The molecule has 1 saturated carbocycles. The Kier molecular flexibility index (Phi) is 5.65. The fraction of sp³-hybridized carbons (Fsp3) is 0.714. The molecule has 100 valence electrons. The highest BCUT2D eigenvalue weighted by Crippen LogP contribution is 2.20. The molecule has 0 radical (unpaired) electrons. The predicted octanol–water partition coefficient (Wildman–Crippen LogP) is 3.73. The molecule has 1 aliphatic rings. The largest absolute Gasteiger partial charge is 0.462 e. The van der Waals surface area contributed by atoms with Crippen molar-refractivity contribution in [2.75, 3.05) is 0 Å². The number of carbonyl (C=O) groups excluding carboxylic acids is 1. The van der Waals surface area contributed by atoms with E-state index < -0.39 is 0 Å². The summed E-state index contributed by atoms with van der Waals surface area (Å²) in [6, 6.07) is 0. The van der Waals surface area contributed by atoms with Gasteiger partial charge in [0, 0.05) is 11.8 Å². The summed E-state index contributed by atoms with van der Waals surface area (Å²) in [6.07, 6.45) is 9.71. The third kappa shape index (κ3) is 4.77. The summed E-state index contributed by atoms with van der Waals surface area (Å²) < 4.78 is 5.56.